The fourth-order valence-electron chi connectivity index (χ4n) is 3.31. The molecule has 2 aromatic rings. The fourth-order valence-corrected chi connectivity index (χ4v) is 4.88. The van der Waals surface area contributed by atoms with Crippen molar-refractivity contribution in [3.8, 4) is 5.75 Å². The minimum absolute atomic E-state index is 0.120. The SMILES string of the molecule is C=CCOc1ccc(NC(=O)C2CCN(S(=O)(=O)Cc3ccc(F)cc3)CC2)cc1. The van der Waals surface area contributed by atoms with E-state index in [2.05, 4.69) is 11.9 Å². The molecule has 0 aromatic heterocycles. The van der Waals surface area contributed by atoms with E-state index in [1.165, 1.54) is 28.6 Å². The van der Waals surface area contributed by atoms with Gasteiger partial charge in [0.25, 0.3) is 0 Å². The Kier molecular flexibility index (Phi) is 7.23. The van der Waals surface area contributed by atoms with Gasteiger partial charge in [-0.1, -0.05) is 24.8 Å². The van der Waals surface area contributed by atoms with Gasteiger partial charge in [-0.15, -0.1) is 0 Å². The smallest absolute Gasteiger partial charge is 0.227 e. The van der Waals surface area contributed by atoms with Gasteiger partial charge in [-0.3, -0.25) is 4.79 Å². The molecule has 1 heterocycles. The molecule has 2 aromatic carbocycles. The highest BCUT2D eigenvalue weighted by Crippen LogP contribution is 2.24. The Morgan fingerprint density at radius 1 is 1.13 bits per heavy atom. The van der Waals surface area contributed by atoms with E-state index in [9.17, 15) is 17.6 Å². The van der Waals surface area contributed by atoms with Crippen molar-refractivity contribution >= 4 is 21.6 Å². The first-order valence-corrected chi connectivity index (χ1v) is 11.4. The van der Waals surface area contributed by atoms with E-state index >= 15 is 0 Å². The first kappa shape index (κ1) is 22.0. The van der Waals surface area contributed by atoms with Crippen LogP contribution in [0, 0.1) is 11.7 Å². The number of hydrogen-bond donors (Lipinski definition) is 1. The lowest BCUT2D eigenvalue weighted by Crippen LogP contribution is -2.41. The molecule has 1 saturated heterocycles. The maximum atomic E-state index is 13.0. The van der Waals surface area contributed by atoms with Crippen LogP contribution in [0.2, 0.25) is 0 Å². The molecule has 0 saturated carbocycles. The van der Waals surface area contributed by atoms with Gasteiger partial charge in [0.1, 0.15) is 18.2 Å². The molecular formula is C22H25FN2O4S. The van der Waals surface area contributed by atoms with Crippen LogP contribution in [0.15, 0.2) is 61.2 Å². The Balaban J connectivity index is 1.51. The minimum Gasteiger partial charge on any atom is -0.490 e. The van der Waals surface area contributed by atoms with Crippen molar-refractivity contribution in [2.45, 2.75) is 18.6 Å². The number of nitrogens with one attached hydrogen (secondary N) is 1. The third-order valence-corrected chi connectivity index (χ3v) is 6.82. The van der Waals surface area contributed by atoms with Gasteiger partial charge in [-0.25, -0.2) is 17.1 Å². The van der Waals surface area contributed by atoms with E-state index in [1.54, 1.807) is 30.3 Å². The second kappa shape index (κ2) is 9.86. The maximum Gasteiger partial charge on any atom is 0.227 e. The lowest BCUT2D eigenvalue weighted by Gasteiger charge is -2.30. The first-order valence-electron chi connectivity index (χ1n) is 9.74. The standard InChI is InChI=1S/C22H25FN2O4S/c1-2-15-29-21-9-7-20(8-10-21)24-22(26)18-11-13-25(14-12-18)30(27,28)16-17-3-5-19(23)6-4-17/h2-10,18H,1,11-16H2,(H,24,26). The highest BCUT2D eigenvalue weighted by atomic mass is 32.2. The molecule has 0 atom stereocenters. The van der Waals surface area contributed by atoms with E-state index in [-0.39, 0.29) is 30.7 Å². The molecule has 0 bridgehead atoms. The maximum absolute atomic E-state index is 13.0. The summed E-state index contributed by atoms with van der Waals surface area (Å²) < 4.78 is 45.1. The molecular weight excluding hydrogens is 407 g/mol. The number of piperidine rings is 1. The van der Waals surface area contributed by atoms with Gasteiger partial charge in [0.2, 0.25) is 15.9 Å². The summed E-state index contributed by atoms with van der Waals surface area (Å²) in [6.45, 7) is 4.58. The topological polar surface area (TPSA) is 75.7 Å². The van der Waals surface area contributed by atoms with Crippen molar-refractivity contribution in [1.82, 2.24) is 4.31 Å². The Bertz CT molecular complexity index is 967. The van der Waals surface area contributed by atoms with Gasteiger partial charge in [0.05, 0.1) is 5.75 Å². The van der Waals surface area contributed by atoms with Crippen LogP contribution >= 0.6 is 0 Å². The minimum atomic E-state index is -3.51. The molecule has 6 nitrogen and oxygen atoms in total. The number of ether oxygens (including phenoxy) is 1. The lowest BCUT2D eigenvalue weighted by atomic mass is 9.97. The molecule has 0 spiro atoms. The summed E-state index contributed by atoms with van der Waals surface area (Å²) in [6.07, 6.45) is 2.56. The number of carbonyl (C=O) groups excluding carboxylic acids is 1. The summed E-state index contributed by atoms with van der Waals surface area (Å²) in [6, 6.07) is 12.5. The van der Waals surface area contributed by atoms with Crippen molar-refractivity contribution in [3.05, 3.63) is 72.6 Å². The quantitative estimate of drug-likeness (QED) is 0.647. The van der Waals surface area contributed by atoms with E-state index in [0.717, 1.165) is 0 Å². The zero-order valence-corrected chi connectivity index (χ0v) is 17.4. The third-order valence-electron chi connectivity index (χ3n) is 4.97. The molecule has 1 aliphatic heterocycles. The number of rotatable bonds is 8. The first-order chi connectivity index (χ1) is 14.4. The number of halogens is 1. The van der Waals surface area contributed by atoms with Crippen molar-refractivity contribution in [3.63, 3.8) is 0 Å². The van der Waals surface area contributed by atoms with Crippen LogP contribution in [0.4, 0.5) is 10.1 Å². The summed E-state index contributed by atoms with van der Waals surface area (Å²) in [5, 5.41) is 2.88. The van der Waals surface area contributed by atoms with Crippen LogP contribution in [0.25, 0.3) is 0 Å². The normalized spacial score (nSPS) is 15.5. The van der Waals surface area contributed by atoms with Crippen molar-refractivity contribution in [2.24, 2.45) is 5.92 Å². The predicted octanol–water partition coefficient (Wildman–Crippen LogP) is 3.57. The van der Waals surface area contributed by atoms with Gasteiger partial charge >= 0.3 is 0 Å². The Labute approximate surface area is 176 Å². The number of sulfonamides is 1. The van der Waals surface area contributed by atoms with Crippen molar-refractivity contribution in [1.29, 1.82) is 0 Å². The molecule has 160 valence electrons. The monoisotopic (exact) mass is 432 g/mol. The van der Waals surface area contributed by atoms with E-state index < -0.39 is 15.8 Å². The Hall–Kier alpha value is -2.71. The van der Waals surface area contributed by atoms with Crippen LogP contribution < -0.4 is 10.1 Å². The van der Waals surface area contributed by atoms with E-state index in [0.29, 0.717) is 36.4 Å². The van der Waals surface area contributed by atoms with Crippen LogP contribution in [-0.4, -0.2) is 38.3 Å². The van der Waals surface area contributed by atoms with Gasteiger partial charge in [-0.2, -0.15) is 0 Å². The third kappa shape index (κ3) is 5.90. The summed E-state index contributed by atoms with van der Waals surface area (Å²) in [7, 11) is -3.51. The molecule has 1 fully saturated rings. The average molecular weight is 433 g/mol. The average Bonchev–Trinajstić information content (AvgIpc) is 2.75. The Morgan fingerprint density at radius 2 is 1.77 bits per heavy atom. The highest BCUT2D eigenvalue weighted by molar-refractivity contribution is 7.88. The van der Waals surface area contributed by atoms with Gasteiger partial charge in [0, 0.05) is 24.7 Å². The summed E-state index contributed by atoms with van der Waals surface area (Å²) in [4.78, 5) is 12.5. The van der Waals surface area contributed by atoms with E-state index in [4.69, 9.17) is 4.74 Å². The zero-order chi connectivity index (χ0) is 21.6. The summed E-state index contributed by atoms with van der Waals surface area (Å²) in [5.41, 5.74) is 1.20. The molecule has 1 amide bonds. The largest absolute Gasteiger partial charge is 0.490 e. The Morgan fingerprint density at radius 3 is 2.37 bits per heavy atom. The number of benzene rings is 2. The van der Waals surface area contributed by atoms with Crippen LogP contribution in [0.3, 0.4) is 0 Å². The molecule has 1 aliphatic rings. The molecule has 30 heavy (non-hydrogen) atoms. The lowest BCUT2D eigenvalue weighted by molar-refractivity contribution is -0.120. The fraction of sp³-hybridized carbons (Fsp3) is 0.318. The molecule has 0 unspecified atom stereocenters. The predicted molar refractivity (Wildman–Crippen MR) is 114 cm³/mol. The second-order valence-corrected chi connectivity index (χ2v) is 9.14. The van der Waals surface area contributed by atoms with Crippen LogP contribution in [0.5, 0.6) is 5.75 Å². The summed E-state index contributed by atoms with van der Waals surface area (Å²) in [5.74, 6) is -0.261. The van der Waals surface area contributed by atoms with Crippen LogP contribution in [0.1, 0.15) is 18.4 Å². The number of hydrogen-bond acceptors (Lipinski definition) is 4. The van der Waals surface area contributed by atoms with Crippen LogP contribution in [-0.2, 0) is 20.6 Å². The molecule has 0 aliphatic carbocycles. The van der Waals surface area contributed by atoms with Crippen molar-refractivity contribution < 1.29 is 22.3 Å². The number of amides is 1. The zero-order valence-electron chi connectivity index (χ0n) is 16.6. The highest BCUT2D eigenvalue weighted by Gasteiger charge is 2.31. The number of anilines is 1. The van der Waals surface area contributed by atoms with Gasteiger partial charge in [0.15, 0.2) is 0 Å². The van der Waals surface area contributed by atoms with Gasteiger partial charge < -0.3 is 10.1 Å². The molecule has 8 heteroatoms. The van der Waals surface area contributed by atoms with E-state index in [1.807, 2.05) is 0 Å². The number of carbonyl (C=O) groups is 1. The molecule has 0 radical (unpaired) electrons. The molecule has 3 rings (SSSR count). The summed E-state index contributed by atoms with van der Waals surface area (Å²) >= 11 is 0. The second-order valence-electron chi connectivity index (χ2n) is 7.17. The number of nitrogens with zero attached hydrogens (tertiary/aromatic N) is 1. The van der Waals surface area contributed by atoms with Crippen molar-refractivity contribution in [2.75, 3.05) is 25.0 Å². The van der Waals surface area contributed by atoms with Gasteiger partial charge in [-0.05, 0) is 54.8 Å². The molecule has 1 N–H and O–H groups in total.